The first kappa shape index (κ1) is 18.8. The molecule has 0 aliphatic carbocycles. The highest BCUT2D eigenvalue weighted by Crippen LogP contribution is 2.17. The van der Waals surface area contributed by atoms with Crippen molar-refractivity contribution in [2.75, 3.05) is 0 Å². The lowest BCUT2D eigenvalue weighted by Crippen LogP contribution is -2.38. The minimum atomic E-state index is -0.00381. The zero-order valence-electron chi connectivity index (χ0n) is 16.1. The van der Waals surface area contributed by atoms with Crippen LogP contribution in [0.1, 0.15) is 44.6 Å². The van der Waals surface area contributed by atoms with Gasteiger partial charge >= 0.3 is 0 Å². The van der Waals surface area contributed by atoms with Gasteiger partial charge in [0.05, 0.1) is 5.56 Å². The fourth-order valence-corrected chi connectivity index (χ4v) is 3.39. The number of ketones is 2. The maximum Gasteiger partial charge on any atom is 0.229 e. The van der Waals surface area contributed by atoms with E-state index in [9.17, 15) is 9.59 Å². The highest BCUT2D eigenvalue weighted by atomic mass is 16.1. The molecule has 0 amide bonds. The normalized spacial score (nSPS) is 10.8. The summed E-state index contributed by atoms with van der Waals surface area (Å²) in [5, 5.41) is 0. The summed E-state index contributed by atoms with van der Waals surface area (Å²) < 4.78 is 3.98. The average molecular weight is 361 g/mol. The van der Waals surface area contributed by atoms with E-state index in [0.29, 0.717) is 5.56 Å². The molecule has 0 spiro atoms. The number of aromatic nitrogens is 2. The third-order valence-electron chi connectivity index (χ3n) is 4.93. The number of hydrogen-bond acceptors (Lipinski definition) is 2. The molecule has 0 N–H and O–H groups in total. The van der Waals surface area contributed by atoms with Gasteiger partial charge in [0.2, 0.25) is 12.3 Å². The SMILES string of the molecule is CC(=O)c1ccc[n+](CC(=O)c2cc(C)n(CCc3ccccc3)c2C)c1. The van der Waals surface area contributed by atoms with Crippen LogP contribution < -0.4 is 4.57 Å². The topological polar surface area (TPSA) is 42.9 Å². The molecule has 3 rings (SSSR count). The summed E-state index contributed by atoms with van der Waals surface area (Å²) in [5.41, 5.74) is 4.74. The molecule has 4 nitrogen and oxygen atoms in total. The number of hydrogen-bond donors (Lipinski definition) is 0. The zero-order valence-corrected chi connectivity index (χ0v) is 16.1. The van der Waals surface area contributed by atoms with Gasteiger partial charge in [-0.2, -0.15) is 4.57 Å². The van der Waals surface area contributed by atoms with Gasteiger partial charge in [-0.1, -0.05) is 30.3 Å². The van der Waals surface area contributed by atoms with E-state index in [2.05, 4.69) is 16.7 Å². The Hall–Kier alpha value is -3.01. The van der Waals surface area contributed by atoms with Gasteiger partial charge in [0, 0.05) is 29.6 Å². The molecule has 0 saturated carbocycles. The second-order valence-electron chi connectivity index (χ2n) is 6.92. The lowest BCUT2D eigenvalue weighted by Gasteiger charge is -2.09. The predicted molar refractivity (Wildman–Crippen MR) is 105 cm³/mol. The molecular formula is C23H25N2O2+. The number of benzene rings is 1. The van der Waals surface area contributed by atoms with Crippen LogP contribution in [0.3, 0.4) is 0 Å². The van der Waals surface area contributed by atoms with Crippen LogP contribution in [0, 0.1) is 13.8 Å². The van der Waals surface area contributed by atoms with Crippen LogP contribution in [-0.2, 0) is 19.5 Å². The molecule has 0 saturated heterocycles. The van der Waals surface area contributed by atoms with Gasteiger partial charge in [-0.15, -0.1) is 0 Å². The highest BCUT2D eigenvalue weighted by molar-refractivity contribution is 5.96. The number of pyridine rings is 1. The van der Waals surface area contributed by atoms with Crippen molar-refractivity contribution in [2.45, 2.75) is 40.3 Å². The lowest BCUT2D eigenvalue weighted by molar-refractivity contribution is -0.683. The fraction of sp³-hybridized carbons (Fsp3) is 0.261. The van der Waals surface area contributed by atoms with E-state index < -0.39 is 0 Å². The minimum Gasteiger partial charge on any atom is -0.348 e. The Bertz CT molecular complexity index is 971. The van der Waals surface area contributed by atoms with Gasteiger partial charge in [0.1, 0.15) is 0 Å². The number of nitrogens with zero attached hydrogens (tertiary/aromatic N) is 2. The molecule has 0 aliphatic rings. The predicted octanol–water partition coefficient (Wildman–Crippen LogP) is 3.72. The van der Waals surface area contributed by atoms with Gasteiger partial charge in [-0.3, -0.25) is 9.59 Å². The van der Waals surface area contributed by atoms with Crippen LogP contribution in [-0.4, -0.2) is 16.1 Å². The van der Waals surface area contributed by atoms with E-state index in [0.717, 1.165) is 29.9 Å². The summed E-state index contributed by atoms with van der Waals surface area (Å²) in [6, 6.07) is 15.9. The molecule has 27 heavy (non-hydrogen) atoms. The van der Waals surface area contributed by atoms with E-state index in [1.807, 2.05) is 44.3 Å². The van der Waals surface area contributed by atoms with Crippen LogP contribution in [0.5, 0.6) is 0 Å². The van der Waals surface area contributed by atoms with E-state index >= 15 is 0 Å². The van der Waals surface area contributed by atoms with Gasteiger partial charge < -0.3 is 4.57 Å². The summed E-state index contributed by atoms with van der Waals surface area (Å²) in [6.07, 6.45) is 4.48. The molecule has 0 unspecified atom stereocenters. The second kappa shape index (κ2) is 8.12. The quantitative estimate of drug-likeness (QED) is 0.475. The molecule has 3 aromatic rings. The van der Waals surface area contributed by atoms with Crippen LogP contribution in [0.2, 0.25) is 0 Å². The van der Waals surface area contributed by atoms with E-state index in [-0.39, 0.29) is 18.1 Å². The first-order chi connectivity index (χ1) is 13.0. The first-order valence-corrected chi connectivity index (χ1v) is 9.19. The van der Waals surface area contributed by atoms with E-state index in [1.54, 1.807) is 22.9 Å². The van der Waals surface area contributed by atoms with Crippen molar-refractivity contribution in [2.24, 2.45) is 0 Å². The standard InChI is InChI=1S/C23H25N2O2/c1-17-14-22(18(2)25(17)13-11-20-8-5-4-6-9-20)23(27)16-24-12-7-10-21(15-24)19(3)26/h4-10,12,14-15H,11,13,16H2,1-3H3/q+1. The summed E-state index contributed by atoms with van der Waals surface area (Å²) in [5.74, 6) is 0.0515. The highest BCUT2D eigenvalue weighted by Gasteiger charge is 2.19. The van der Waals surface area contributed by atoms with Crippen molar-refractivity contribution in [1.29, 1.82) is 0 Å². The number of carbonyl (C=O) groups is 2. The molecule has 2 heterocycles. The molecule has 1 aromatic carbocycles. The summed E-state index contributed by atoms with van der Waals surface area (Å²) >= 11 is 0. The fourth-order valence-electron chi connectivity index (χ4n) is 3.39. The molecule has 0 aliphatic heterocycles. The van der Waals surface area contributed by atoms with E-state index in [1.165, 1.54) is 12.5 Å². The third-order valence-corrected chi connectivity index (χ3v) is 4.93. The third kappa shape index (κ3) is 4.40. The summed E-state index contributed by atoms with van der Waals surface area (Å²) in [6.45, 7) is 6.65. The Balaban J connectivity index is 1.76. The van der Waals surface area contributed by atoms with Crippen LogP contribution >= 0.6 is 0 Å². The Labute approximate surface area is 160 Å². The minimum absolute atomic E-state index is 0.00381. The second-order valence-corrected chi connectivity index (χ2v) is 6.92. The summed E-state index contributed by atoms with van der Waals surface area (Å²) in [4.78, 5) is 24.4. The van der Waals surface area contributed by atoms with Crippen molar-refractivity contribution in [1.82, 2.24) is 4.57 Å². The Morgan fingerprint density at radius 1 is 1.04 bits per heavy atom. The maximum atomic E-state index is 12.8. The van der Waals surface area contributed by atoms with Crippen molar-refractivity contribution in [3.05, 3.63) is 89.0 Å². The monoisotopic (exact) mass is 361 g/mol. The molecule has 0 fully saturated rings. The largest absolute Gasteiger partial charge is 0.348 e. The Morgan fingerprint density at radius 3 is 2.48 bits per heavy atom. The molecule has 4 heteroatoms. The number of aryl methyl sites for hydroxylation is 2. The van der Waals surface area contributed by atoms with Crippen LogP contribution in [0.4, 0.5) is 0 Å². The van der Waals surface area contributed by atoms with Crippen LogP contribution in [0.25, 0.3) is 0 Å². The molecule has 0 bridgehead atoms. The van der Waals surface area contributed by atoms with Crippen molar-refractivity contribution in [3.8, 4) is 0 Å². The Morgan fingerprint density at radius 2 is 1.78 bits per heavy atom. The lowest BCUT2D eigenvalue weighted by atomic mass is 10.1. The smallest absolute Gasteiger partial charge is 0.229 e. The van der Waals surface area contributed by atoms with Gasteiger partial charge in [-0.05, 0) is 44.9 Å². The van der Waals surface area contributed by atoms with E-state index in [4.69, 9.17) is 0 Å². The molecule has 0 radical (unpaired) electrons. The summed E-state index contributed by atoms with van der Waals surface area (Å²) in [7, 11) is 0. The molecule has 0 atom stereocenters. The van der Waals surface area contributed by atoms with Crippen molar-refractivity contribution >= 4 is 11.6 Å². The van der Waals surface area contributed by atoms with Crippen LogP contribution in [0.15, 0.2) is 60.9 Å². The van der Waals surface area contributed by atoms with Gasteiger partial charge in [0.25, 0.3) is 0 Å². The van der Waals surface area contributed by atoms with Crippen molar-refractivity contribution in [3.63, 3.8) is 0 Å². The van der Waals surface area contributed by atoms with Gasteiger partial charge in [0.15, 0.2) is 18.2 Å². The van der Waals surface area contributed by atoms with Gasteiger partial charge in [-0.25, -0.2) is 0 Å². The number of Topliss-reactive ketones (excluding diaryl/α,β-unsaturated/α-hetero) is 2. The number of rotatable bonds is 7. The molecular weight excluding hydrogens is 336 g/mol. The maximum absolute atomic E-state index is 12.8. The average Bonchev–Trinajstić information content (AvgIpc) is 2.95. The Kier molecular flexibility index (Phi) is 5.65. The zero-order chi connectivity index (χ0) is 19.4. The molecule has 2 aromatic heterocycles. The van der Waals surface area contributed by atoms with Crippen molar-refractivity contribution < 1.29 is 14.2 Å². The first-order valence-electron chi connectivity index (χ1n) is 9.19. The molecule has 138 valence electrons. The number of carbonyl (C=O) groups excluding carboxylic acids is 2.